The summed E-state index contributed by atoms with van der Waals surface area (Å²) >= 11 is 5.96. The van der Waals surface area contributed by atoms with Crippen LogP contribution in [0.5, 0.6) is 0 Å². The highest BCUT2D eigenvalue weighted by Gasteiger charge is 2.34. The number of carbonyl (C=O) groups is 2. The molecule has 2 amide bonds. The summed E-state index contributed by atoms with van der Waals surface area (Å²) in [5.41, 5.74) is 1.70. The summed E-state index contributed by atoms with van der Waals surface area (Å²) in [5, 5.41) is 6.32. The van der Waals surface area contributed by atoms with Crippen LogP contribution in [0, 0.1) is 5.82 Å². The maximum atomic E-state index is 14.2. The Morgan fingerprint density at radius 1 is 1.22 bits per heavy atom. The van der Waals surface area contributed by atoms with Gasteiger partial charge in [0.1, 0.15) is 12.4 Å². The minimum absolute atomic E-state index is 0.104. The van der Waals surface area contributed by atoms with E-state index in [9.17, 15) is 14.0 Å². The van der Waals surface area contributed by atoms with Crippen molar-refractivity contribution < 1.29 is 14.0 Å². The van der Waals surface area contributed by atoms with Crippen molar-refractivity contribution in [3.8, 4) is 0 Å². The normalized spacial score (nSPS) is 16.2. The lowest BCUT2D eigenvalue weighted by Crippen LogP contribution is -2.38. The van der Waals surface area contributed by atoms with Gasteiger partial charge in [0.05, 0.1) is 11.8 Å². The molecule has 1 aliphatic rings. The van der Waals surface area contributed by atoms with Crippen molar-refractivity contribution in [2.45, 2.75) is 19.4 Å². The Hall–Kier alpha value is -2.73. The van der Waals surface area contributed by atoms with Crippen molar-refractivity contribution in [3.05, 3.63) is 70.5 Å². The molecule has 3 rings (SSSR count). The molecule has 0 saturated carbocycles. The minimum Gasteiger partial charge on any atom is -0.337 e. The van der Waals surface area contributed by atoms with Gasteiger partial charge >= 0.3 is 0 Å². The SMILES string of the molecule is CC(=O)N(C)CC(=O)N1N=C(c2ccccc2F)C[C@H]1c1ccc(Cl)cc1. The number of likely N-dealkylation sites (N-methyl/N-ethyl adjacent to an activating group) is 1. The van der Waals surface area contributed by atoms with Gasteiger partial charge in [-0.1, -0.05) is 41.9 Å². The zero-order valence-electron chi connectivity index (χ0n) is 15.0. The fraction of sp³-hybridized carbons (Fsp3) is 0.250. The first-order chi connectivity index (χ1) is 12.9. The number of hydrogen-bond donors (Lipinski definition) is 0. The molecular weight excluding hydrogens is 369 g/mol. The molecular formula is C20H19ClFN3O2. The van der Waals surface area contributed by atoms with Crippen LogP contribution in [0.1, 0.15) is 30.5 Å². The van der Waals surface area contributed by atoms with E-state index < -0.39 is 0 Å². The second kappa shape index (κ2) is 7.88. The lowest BCUT2D eigenvalue weighted by atomic mass is 9.98. The molecule has 2 aromatic carbocycles. The second-order valence-corrected chi connectivity index (χ2v) is 6.85. The summed E-state index contributed by atoms with van der Waals surface area (Å²) in [4.78, 5) is 25.6. The number of hydrogen-bond acceptors (Lipinski definition) is 3. The third-order valence-electron chi connectivity index (χ3n) is 4.52. The van der Waals surface area contributed by atoms with Crippen LogP contribution >= 0.6 is 11.6 Å². The van der Waals surface area contributed by atoms with Crippen LogP contribution in [0.15, 0.2) is 53.6 Å². The van der Waals surface area contributed by atoms with Gasteiger partial charge in [-0.05, 0) is 23.8 Å². The van der Waals surface area contributed by atoms with Crippen LogP contribution < -0.4 is 0 Å². The number of nitrogens with zero attached hydrogens (tertiary/aromatic N) is 3. The Bertz CT molecular complexity index is 898. The Labute approximate surface area is 162 Å². The number of rotatable bonds is 4. The van der Waals surface area contributed by atoms with Crippen LogP contribution in [0.4, 0.5) is 4.39 Å². The van der Waals surface area contributed by atoms with E-state index in [1.54, 1.807) is 37.4 Å². The molecule has 1 aliphatic heterocycles. The van der Waals surface area contributed by atoms with E-state index in [1.165, 1.54) is 22.9 Å². The monoisotopic (exact) mass is 387 g/mol. The molecule has 1 atom stereocenters. The Balaban J connectivity index is 1.94. The third-order valence-corrected chi connectivity index (χ3v) is 4.77. The molecule has 0 aliphatic carbocycles. The quantitative estimate of drug-likeness (QED) is 0.804. The molecule has 7 heteroatoms. The fourth-order valence-electron chi connectivity index (χ4n) is 2.93. The van der Waals surface area contributed by atoms with Crippen LogP contribution in [0.3, 0.4) is 0 Å². The van der Waals surface area contributed by atoms with Crippen LogP contribution in [-0.4, -0.2) is 41.0 Å². The molecule has 0 fully saturated rings. The maximum Gasteiger partial charge on any atom is 0.262 e. The molecule has 0 spiro atoms. The molecule has 2 aromatic rings. The summed E-state index contributed by atoms with van der Waals surface area (Å²) in [5.74, 6) is -0.941. The van der Waals surface area contributed by atoms with E-state index in [-0.39, 0.29) is 30.2 Å². The first kappa shape index (κ1) is 19.0. The predicted molar refractivity (Wildman–Crippen MR) is 102 cm³/mol. The number of benzene rings is 2. The minimum atomic E-state index is -0.388. The highest BCUT2D eigenvalue weighted by atomic mass is 35.5. The average molecular weight is 388 g/mol. The molecule has 0 unspecified atom stereocenters. The lowest BCUT2D eigenvalue weighted by molar-refractivity contribution is -0.139. The van der Waals surface area contributed by atoms with Crippen molar-refractivity contribution in [1.82, 2.24) is 9.91 Å². The van der Waals surface area contributed by atoms with E-state index in [1.807, 2.05) is 12.1 Å². The first-order valence-electron chi connectivity index (χ1n) is 8.48. The van der Waals surface area contributed by atoms with Gasteiger partial charge in [-0.2, -0.15) is 5.10 Å². The van der Waals surface area contributed by atoms with Crippen molar-refractivity contribution in [1.29, 1.82) is 0 Å². The Morgan fingerprint density at radius 2 is 1.89 bits per heavy atom. The average Bonchev–Trinajstić information content (AvgIpc) is 3.07. The third kappa shape index (κ3) is 4.17. The molecule has 140 valence electrons. The van der Waals surface area contributed by atoms with Gasteiger partial charge in [-0.3, -0.25) is 9.59 Å². The van der Waals surface area contributed by atoms with Crippen molar-refractivity contribution >= 4 is 29.1 Å². The lowest BCUT2D eigenvalue weighted by Gasteiger charge is -2.24. The maximum absolute atomic E-state index is 14.2. The highest BCUT2D eigenvalue weighted by Crippen LogP contribution is 2.33. The zero-order chi connectivity index (χ0) is 19.6. The largest absolute Gasteiger partial charge is 0.337 e. The van der Waals surface area contributed by atoms with Crippen molar-refractivity contribution in [2.75, 3.05) is 13.6 Å². The summed E-state index contributed by atoms with van der Waals surface area (Å²) in [6.45, 7) is 1.29. The number of amides is 2. The number of carbonyl (C=O) groups excluding carboxylic acids is 2. The van der Waals surface area contributed by atoms with E-state index in [4.69, 9.17) is 11.6 Å². The van der Waals surface area contributed by atoms with E-state index in [0.717, 1.165) is 5.56 Å². The van der Waals surface area contributed by atoms with Gasteiger partial charge in [0.15, 0.2) is 0 Å². The molecule has 27 heavy (non-hydrogen) atoms. The predicted octanol–water partition coefficient (Wildman–Crippen LogP) is 3.64. The molecule has 5 nitrogen and oxygen atoms in total. The molecule has 1 heterocycles. The molecule has 0 saturated heterocycles. The number of halogens is 2. The smallest absolute Gasteiger partial charge is 0.262 e. The number of hydrazone groups is 1. The fourth-order valence-corrected chi connectivity index (χ4v) is 3.06. The summed E-state index contributed by atoms with van der Waals surface area (Å²) in [6, 6.07) is 13.1. The van der Waals surface area contributed by atoms with E-state index >= 15 is 0 Å². The molecule has 0 bridgehead atoms. The van der Waals surface area contributed by atoms with Crippen LogP contribution in [-0.2, 0) is 9.59 Å². The Kier molecular flexibility index (Phi) is 5.56. The highest BCUT2D eigenvalue weighted by molar-refractivity contribution is 6.30. The summed E-state index contributed by atoms with van der Waals surface area (Å²) < 4.78 is 14.2. The molecule has 0 radical (unpaired) electrons. The zero-order valence-corrected chi connectivity index (χ0v) is 15.8. The van der Waals surface area contributed by atoms with Gasteiger partial charge in [-0.15, -0.1) is 0 Å². The van der Waals surface area contributed by atoms with Crippen molar-refractivity contribution in [3.63, 3.8) is 0 Å². The van der Waals surface area contributed by atoms with Gasteiger partial charge in [0.2, 0.25) is 5.91 Å². The summed E-state index contributed by atoms with van der Waals surface area (Å²) in [6.07, 6.45) is 0.373. The topological polar surface area (TPSA) is 53.0 Å². The Morgan fingerprint density at radius 3 is 2.52 bits per heavy atom. The molecule has 0 N–H and O–H groups in total. The first-order valence-corrected chi connectivity index (χ1v) is 8.86. The molecule has 0 aromatic heterocycles. The van der Waals surface area contributed by atoms with Crippen molar-refractivity contribution in [2.24, 2.45) is 5.10 Å². The van der Waals surface area contributed by atoms with E-state index in [2.05, 4.69) is 5.10 Å². The van der Waals surface area contributed by atoms with Crippen LogP contribution in [0.2, 0.25) is 5.02 Å². The summed E-state index contributed by atoms with van der Waals surface area (Å²) in [7, 11) is 1.55. The standard InChI is InChI=1S/C20H19ClFN3O2/c1-13(26)24(2)12-20(27)25-19(14-7-9-15(21)10-8-14)11-18(23-25)16-5-3-4-6-17(16)22/h3-10,19H,11-12H2,1-2H3/t19-/m0/s1. The van der Waals surface area contributed by atoms with Gasteiger partial charge in [0.25, 0.3) is 5.91 Å². The second-order valence-electron chi connectivity index (χ2n) is 6.41. The van der Waals surface area contributed by atoms with Gasteiger partial charge in [-0.25, -0.2) is 9.40 Å². The van der Waals surface area contributed by atoms with Crippen LogP contribution in [0.25, 0.3) is 0 Å². The van der Waals surface area contributed by atoms with Gasteiger partial charge in [0, 0.05) is 31.0 Å². The van der Waals surface area contributed by atoms with E-state index in [0.29, 0.717) is 22.7 Å². The van der Waals surface area contributed by atoms with Gasteiger partial charge < -0.3 is 4.90 Å².